The first-order valence-corrected chi connectivity index (χ1v) is 21.1. The van der Waals surface area contributed by atoms with Crippen LogP contribution in [0.3, 0.4) is 0 Å². The third-order valence-electron chi connectivity index (χ3n) is 12.4. The molecule has 0 unspecified atom stereocenters. The molecule has 3 N–H and O–H groups in total. The first-order valence-electron chi connectivity index (χ1n) is 19.6. The van der Waals surface area contributed by atoms with Crippen molar-refractivity contribution in [2.24, 2.45) is 17.8 Å². The average molecular weight is 842 g/mol. The number of amides is 5. The molecule has 0 bridgehead atoms. The van der Waals surface area contributed by atoms with Gasteiger partial charge in [-0.2, -0.15) is 13.2 Å². The number of benzene rings is 1. The van der Waals surface area contributed by atoms with E-state index >= 15 is 0 Å². The lowest BCUT2D eigenvalue weighted by atomic mass is 9.85. The van der Waals surface area contributed by atoms with Gasteiger partial charge in [0.05, 0.1) is 17.8 Å². The zero-order valence-corrected chi connectivity index (χ0v) is 33.9. The molecule has 3 fully saturated rings. The number of carbonyl (C=O) groups is 5. The number of alkyl halides is 3. The molecule has 1 saturated heterocycles. The van der Waals surface area contributed by atoms with Gasteiger partial charge in [0.25, 0.3) is 5.91 Å². The second kappa shape index (κ2) is 15.6. The SMILES string of the molecule is CC[C@@H]1C[C@@H](C)CC/C=C\[C@@H]2C[C@@]2(C(=O)NS(=O)(=O)C2(C)CC2)NC(=O)[C@@H]2C[C@@H](OC(=O)N3Cc4cccc(F)c4C3)CN2C(=O)[C@H]1NC(=O)OC(C)(C)C(F)(F)F. The molecular formula is C39H51F4N5O9S. The maximum absolute atomic E-state index is 14.8. The number of carbonyl (C=O) groups excluding carboxylic acids is 5. The largest absolute Gasteiger partial charge is 0.444 e. The minimum absolute atomic E-state index is 0.0401. The molecular weight excluding hydrogens is 791 g/mol. The van der Waals surface area contributed by atoms with Gasteiger partial charge >= 0.3 is 18.4 Å². The molecule has 7 atom stereocenters. The van der Waals surface area contributed by atoms with Gasteiger partial charge in [-0.3, -0.25) is 24.0 Å². The molecule has 0 spiro atoms. The Morgan fingerprint density at radius 1 is 1.09 bits per heavy atom. The fourth-order valence-electron chi connectivity index (χ4n) is 7.99. The molecule has 1 aromatic rings. The summed E-state index contributed by atoms with van der Waals surface area (Å²) in [6, 6.07) is 1.50. The molecule has 0 radical (unpaired) electrons. The number of sulfonamides is 1. The fourth-order valence-corrected chi connectivity index (χ4v) is 9.30. The smallest absolute Gasteiger partial charge is 0.427 e. The summed E-state index contributed by atoms with van der Waals surface area (Å²) in [6.45, 7) is 6.07. The number of fused-ring (bicyclic) bond motifs is 3. The van der Waals surface area contributed by atoms with E-state index in [1.54, 1.807) is 19.1 Å². The number of hydrogen-bond acceptors (Lipinski definition) is 9. The van der Waals surface area contributed by atoms with Crippen molar-refractivity contribution in [1.29, 1.82) is 0 Å². The number of alkyl carbamates (subject to hydrolysis) is 1. The Morgan fingerprint density at radius 3 is 2.43 bits per heavy atom. The van der Waals surface area contributed by atoms with Crippen molar-refractivity contribution in [3.05, 3.63) is 47.3 Å². The molecule has 58 heavy (non-hydrogen) atoms. The van der Waals surface area contributed by atoms with E-state index in [0.717, 1.165) is 4.90 Å². The third kappa shape index (κ3) is 8.64. The first-order chi connectivity index (χ1) is 27.0. The summed E-state index contributed by atoms with van der Waals surface area (Å²) >= 11 is 0. The Morgan fingerprint density at radius 2 is 1.79 bits per heavy atom. The van der Waals surface area contributed by atoms with Crippen LogP contribution in [0.1, 0.15) is 97.1 Å². The summed E-state index contributed by atoms with van der Waals surface area (Å²) in [4.78, 5) is 72.0. The zero-order valence-electron chi connectivity index (χ0n) is 33.1. The van der Waals surface area contributed by atoms with Crippen molar-refractivity contribution in [2.45, 2.75) is 139 Å². The van der Waals surface area contributed by atoms with Crippen molar-refractivity contribution >= 4 is 39.9 Å². The summed E-state index contributed by atoms with van der Waals surface area (Å²) in [6.07, 6.45) is -2.69. The van der Waals surface area contributed by atoms with Crippen molar-refractivity contribution in [2.75, 3.05) is 6.54 Å². The maximum atomic E-state index is 14.8. The lowest BCUT2D eigenvalue weighted by Gasteiger charge is -2.35. The topological polar surface area (TPSA) is 181 Å². The van der Waals surface area contributed by atoms with Gasteiger partial charge in [-0.15, -0.1) is 0 Å². The molecule has 3 heterocycles. The minimum Gasteiger partial charge on any atom is -0.444 e. The van der Waals surface area contributed by atoms with Gasteiger partial charge in [0, 0.05) is 24.4 Å². The fraction of sp³-hybridized carbons (Fsp3) is 0.667. The molecule has 2 saturated carbocycles. The Hall–Kier alpha value is -4.42. The molecule has 6 rings (SSSR count). The highest BCUT2D eigenvalue weighted by Crippen LogP contribution is 2.48. The number of nitrogens with zero attached hydrogens (tertiary/aromatic N) is 2. The quantitative estimate of drug-likeness (QED) is 0.253. The molecule has 5 aliphatic rings. The predicted molar refractivity (Wildman–Crippen MR) is 199 cm³/mol. The lowest BCUT2D eigenvalue weighted by Crippen LogP contribution is -2.60. The van der Waals surface area contributed by atoms with Crippen molar-refractivity contribution in [1.82, 2.24) is 25.2 Å². The maximum Gasteiger partial charge on any atom is 0.427 e. The van der Waals surface area contributed by atoms with Crippen LogP contribution in [0.5, 0.6) is 0 Å². The van der Waals surface area contributed by atoms with Crippen molar-refractivity contribution < 1.29 is 59.4 Å². The van der Waals surface area contributed by atoms with E-state index in [-0.39, 0.29) is 44.8 Å². The molecule has 3 aliphatic heterocycles. The number of allylic oxidation sites excluding steroid dienone is 1. The van der Waals surface area contributed by atoms with E-state index in [1.165, 1.54) is 24.0 Å². The summed E-state index contributed by atoms with van der Waals surface area (Å²) in [5.41, 5.74) is -3.73. The second-order valence-electron chi connectivity index (χ2n) is 17.2. The van der Waals surface area contributed by atoms with Gasteiger partial charge in [-0.05, 0) is 82.8 Å². The highest BCUT2D eigenvalue weighted by atomic mass is 32.2. The number of rotatable bonds is 7. The molecule has 0 aromatic heterocycles. The summed E-state index contributed by atoms with van der Waals surface area (Å²) in [7, 11) is -4.11. The van der Waals surface area contributed by atoms with Crippen LogP contribution in [0.25, 0.3) is 0 Å². The third-order valence-corrected chi connectivity index (χ3v) is 14.5. The normalized spacial score (nSPS) is 30.4. The van der Waals surface area contributed by atoms with E-state index < -0.39 is 97.8 Å². The van der Waals surface area contributed by atoms with Crippen LogP contribution in [0.15, 0.2) is 30.4 Å². The van der Waals surface area contributed by atoms with Gasteiger partial charge in [-0.1, -0.05) is 44.6 Å². The van der Waals surface area contributed by atoms with Crippen LogP contribution >= 0.6 is 0 Å². The van der Waals surface area contributed by atoms with E-state index in [4.69, 9.17) is 9.47 Å². The standard InChI is InChI=1S/C39H51F4N5O9S/c1-6-23-16-22(2)10-7-8-12-25-18-38(25,33(51)46-58(54,55)37(5)14-15-37)45-31(49)29-17-26(56-35(53)47-19-24-11-9-13-28(40)27(24)21-47)20-48(29)32(50)30(23)44-34(52)57-36(3,4)39(41,42)43/h8-9,11-13,22-23,25-26,29-30H,6-7,10,14-21H2,1-5H3,(H,44,52)(H,45,49)(H,46,51)/b12-8-/t22-,23+,25+,26+,29-,30-,38+/m0/s1. The van der Waals surface area contributed by atoms with E-state index in [9.17, 15) is 50.0 Å². The van der Waals surface area contributed by atoms with Crippen LogP contribution in [-0.4, -0.2) is 94.9 Å². The van der Waals surface area contributed by atoms with Crippen LogP contribution in [0.2, 0.25) is 0 Å². The van der Waals surface area contributed by atoms with Crippen LogP contribution in [0.4, 0.5) is 27.2 Å². The first kappa shape index (κ1) is 43.2. The zero-order chi connectivity index (χ0) is 42.6. The van der Waals surface area contributed by atoms with E-state index in [2.05, 4.69) is 15.4 Å². The minimum atomic E-state index is -4.95. The predicted octanol–water partition coefficient (Wildman–Crippen LogP) is 4.96. The van der Waals surface area contributed by atoms with E-state index in [1.807, 2.05) is 13.0 Å². The Balaban J connectivity index is 1.32. The Bertz CT molecular complexity index is 1970. The summed E-state index contributed by atoms with van der Waals surface area (Å²) in [5.74, 6) is -4.50. The second-order valence-corrected chi connectivity index (χ2v) is 19.4. The molecule has 19 heteroatoms. The number of nitrogens with one attached hydrogen (secondary N) is 3. The molecule has 1 aromatic carbocycles. The molecule has 2 aliphatic carbocycles. The summed E-state index contributed by atoms with van der Waals surface area (Å²) < 4.78 is 93.6. The van der Waals surface area contributed by atoms with Gasteiger partial charge in [0.15, 0.2) is 0 Å². The van der Waals surface area contributed by atoms with Crippen molar-refractivity contribution in [3.8, 4) is 0 Å². The number of hydrogen-bond donors (Lipinski definition) is 3. The van der Waals surface area contributed by atoms with Gasteiger partial charge in [-0.25, -0.2) is 22.4 Å². The van der Waals surface area contributed by atoms with Crippen molar-refractivity contribution in [3.63, 3.8) is 0 Å². The number of halogens is 4. The highest BCUT2D eigenvalue weighted by molar-refractivity contribution is 7.91. The average Bonchev–Trinajstić information content (AvgIpc) is 3.92. The number of ether oxygens (including phenoxy) is 2. The molecule has 320 valence electrons. The van der Waals surface area contributed by atoms with Crippen LogP contribution in [-0.2, 0) is 47.0 Å². The van der Waals surface area contributed by atoms with Gasteiger partial charge < -0.3 is 25.0 Å². The molecule has 5 amide bonds. The highest BCUT2D eigenvalue weighted by Gasteiger charge is 2.63. The lowest BCUT2D eigenvalue weighted by molar-refractivity contribution is -0.244. The molecule has 14 nitrogen and oxygen atoms in total. The Kier molecular flexibility index (Phi) is 11.6. The van der Waals surface area contributed by atoms with Gasteiger partial charge in [0.1, 0.15) is 29.5 Å². The van der Waals surface area contributed by atoms with Crippen LogP contribution in [0, 0.1) is 23.6 Å². The van der Waals surface area contributed by atoms with E-state index in [0.29, 0.717) is 57.1 Å². The van der Waals surface area contributed by atoms with Crippen LogP contribution < -0.4 is 15.4 Å². The Labute approximate surface area is 334 Å². The summed E-state index contributed by atoms with van der Waals surface area (Å²) in [5, 5.41) is 5.08. The van der Waals surface area contributed by atoms with Gasteiger partial charge in [0.2, 0.25) is 27.4 Å². The monoisotopic (exact) mass is 841 g/mol.